The van der Waals surface area contributed by atoms with Gasteiger partial charge in [-0.25, -0.2) is 0 Å². The number of carboxylic acid groups (broad SMARTS) is 1. The van der Waals surface area contributed by atoms with Crippen LogP contribution >= 0.6 is 0 Å². The number of nitrogens with two attached hydrogens (primary N) is 1. The van der Waals surface area contributed by atoms with E-state index in [-0.39, 0.29) is 6.54 Å². The maximum atomic E-state index is 11.6. The van der Waals surface area contributed by atoms with Crippen molar-refractivity contribution in [2.45, 2.75) is 0 Å². The van der Waals surface area contributed by atoms with Crippen molar-refractivity contribution in [1.82, 2.24) is 0 Å². The number of methoxy groups -OCH3 is 1. The van der Waals surface area contributed by atoms with Gasteiger partial charge in [0.15, 0.2) is 0 Å². The highest BCUT2D eigenvalue weighted by atomic mass is 16.5. The third-order valence-corrected chi connectivity index (χ3v) is 2.15. The zero-order chi connectivity index (χ0) is 12.8. The van der Waals surface area contributed by atoms with Gasteiger partial charge in [-0.2, -0.15) is 0 Å². The van der Waals surface area contributed by atoms with Crippen LogP contribution in [0.5, 0.6) is 5.75 Å². The fourth-order valence-electron chi connectivity index (χ4n) is 1.41. The summed E-state index contributed by atoms with van der Waals surface area (Å²) in [6.07, 6.45) is 0. The van der Waals surface area contributed by atoms with Crippen LogP contribution in [0.2, 0.25) is 0 Å². The van der Waals surface area contributed by atoms with E-state index in [1.54, 1.807) is 24.3 Å². The molecule has 0 saturated carbocycles. The normalized spacial score (nSPS) is 9.76. The largest absolute Gasteiger partial charge is 0.495 e. The Balaban J connectivity index is 3.11. The van der Waals surface area contributed by atoms with E-state index in [2.05, 4.69) is 0 Å². The minimum Gasteiger partial charge on any atom is -0.495 e. The topological polar surface area (TPSA) is 92.9 Å². The summed E-state index contributed by atoms with van der Waals surface area (Å²) in [6, 6.07) is 6.67. The van der Waals surface area contributed by atoms with E-state index in [0.29, 0.717) is 11.4 Å². The van der Waals surface area contributed by atoms with Gasteiger partial charge in [0.25, 0.3) is 0 Å². The molecule has 6 nitrogen and oxygen atoms in total. The summed E-state index contributed by atoms with van der Waals surface area (Å²) in [4.78, 5) is 23.4. The predicted molar refractivity (Wildman–Crippen MR) is 62.0 cm³/mol. The number of anilines is 1. The van der Waals surface area contributed by atoms with Crippen molar-refractivity contribution in [3.05, 3.63) is 24.3 Å². The third kappa shape index (κ3) is 3.18. The van der Waals surface area contributed by atoms with Gasteiger partial charge in [0, 0.05) is 0 Å². The Labute approximate surface area is 98.6 Å². The molecule has 0 aliphatic carbocycles. The summed E-state index contributed by atoms with van der Waals surface area (Å²) in [5.41, 5.74) is 5.65. The molecule has 17 heavy (non-hydrogen) atoms. The van der Waals surface area contributed by atoms with Crippen LogP contribution in [0, 0.1) is 0 Å². The summed E-state index contributed by atoms with van der Waals surface area (Å²) in [7, 11) is 1.45. The van der Waals surface area contributed by atoms with Crippen molar-refractivity contribution in [2.75, 3.05) is 25.1 Å². The molecule has 0 heterocycles. The van der Waals surface area contributed by atoms with Crippen LogP contribution in [-0.4, -0.2) is 37.2 Å². The molecule has 0 radical (unpaired) electrons. The van der Waals surface area contributed by atoms with Crippen molar-refractivity contribution >= 4 is 17.6 Å². The quantitative estimate of drug-likeness (QED) is 0.757. The second-order valence-electron chi connectivity index (χ2n) is 3.25. The number of carbonyl (C=O) groups is 2. The average molecular weight is 238 g/mol. The Hall–Kier alpha value is -2.08. The highest BCUT2D eigenvalue weighted by Gasteiger charge is 2.20. The van der Waals surface area contributed by atoms with Gasteiger partial charge in [-0.15, -0.1) is 0 Å². The van der Waals surface area contributed by atoms with E-state index in [1.807, 2.05) is 0 Å². The summed E-state index contributed by atoms with van der Waals surface area (Å²) < 4.78 is 5.07. The van der Waals surface area contributed by atoms with Gasteiger partial charge < -0.3 is 15.6 Å². The Bertz CT molecular complexity index is 420. The maximum Gasteiger partial charge on any atom is 0.323 e. The molecule has 1 rings (SSSR count). The minimum absolute atomic E-state index is 0.259. The number of rotatable bonds is 5. The van der Waals surface area contributed by atoms with Crippen LogP contribution in [0.25, 0.3) is 0 Å². The lowest BCUT2D eigenvalue weighted by Crippen LogP contribution is -2.39. The van der Waals surface area contributed by atoms with Crippen LogP contribution in [0.3, 0.4) is 0 Å². The number of carbonyl (C=O) groups excluding carboxylic acids is 1. The summed E-state index contributed by atoms with van der Waals surface area (Å²) in [5, 5.41) is 8.78. The molecule has 0 aliphatic rings. The number of ether oxygens (including phenoxy) is 1. The molecule has 0 aliphatic heterocycles. The summed E-state index contributed by atoms with van der Waals surface area (Å²) in [6.45, 7) is -0.707. The number of hydrogen-bond donors (Lipinski definition) is 2. The fraction of sp³-hybridized carbons (Fsp3) is 0.273. The number of carboxylic acids is 1. The first-order chi connectivity index (χ1) is 8.10. The zero-order valence-corrected chi connectivity index (χ0v) is 9.42. The number of para-hydroxylation sites is 2. The number of amides is 1. The Morgan fingerprint density at radius 1 is 1.41 bits per heavy atom. The smallest absolute Gasteiger partial charge is 0.323 e. The van der Waals surface area contributed by atoms with Gasteiger partial charge >= 0.3 is 5.97 Å². The molecule has 0 saturated heterocycles. The van der Waals surface area contributed by atoms with Gasteiger partial charge in [0.05, 0.1) is 19.3 Å². The van der Waals surface area contributed by atoms with Crippen LogP contribution in [-0.2, 0) is 9.59 Å². The highest BCUT2D eigenvalue weighted by Crippen LogP contribution is 2.27. The predicted octanol–water partition coefficient (Wildman–Crippen LogP) is 0.0715. The van der Waals surface area contributed by atoms with Crippen LogP contribution in [0.4, 0.5) is 5.69 Å². The Morgan fingerprint density at radius 3 is 2.59 bits per heavy atom. The first kappa shape index (κ1) is 13.0. The van der Waals surface area contributed by atoms with Crippen molar-refractivity contribution in [1.29, 1.82) is 0 Å². The first-order valence-corrected chi connectivity index (χ1v) is 4.95. The Morgan fingerprint density at radius 2 is 2.06 bits per heavy atom. The number of benzene rings is 1. The highest BCUT2D eigenvalue weighted by molar-refractivity contribution is 5.99. The maximum absolute atomic E-state index is 11.6. The lowest BCUT2D eigenvalue weighted by atomic mass is 10.2. The van der Waals surface area contributed by atoms with Gasteiger partial charge in [-0.1, -0.05) is 12.1 Å². The van der Waals surface area contributed by atoms with Gasteiger partial charge in [-0.05, 0) is 12.1 Å². The van der Waals surface area contributed by atoms with E-state index in [1.165, 1.54) is 7.11 Å². The summed E-state index contributed by atoms with van der Waals surface area (Å²) >= 11 is 0. The van der Waals surface area contributed by atoms with E-state index in [4.69, 9.17) is 15.6 Å². The minimum atomic E-state index is -1.11. The van der Waals surface area contributed by atoms with Crippen LogP contribution < -0.4 is 15.4 Å². The van der Waals surface area contributed by atoms with E-state index in [9.17, 15) is 9.59 Å². The molecule has 92 valence electrons. The molecule has 0 unspecified atom stereocenters. The van der Waals surface area contributed by atoms with Crippen molar-refractivity contribution in [3.63, 3.8) is 0 Å². The van der Waals surface area contributed by atoms with Gasteiger partial charge in [0.2, 0.25) is 5.91 Å². The standard InChI is InChI=1S/C11H14N2O4/c1-17-9-5-3-2-4-8(9)13(7-11(15)16)10(14)6-12/h2-5H,6-7,12H2,1H3,(H,15,16). The molecule has 1 aromatic rings. The molecule has 6 heteroatoms. The van der Waals surface area contributed by atoms with Crippen LogP contribution in [0.15, 0.2) is 24.3 Å². The molecule has 1 aromatic carbocycles. The third-order valence-electron chi connectivity index (χ3n) is 2.15. The van der Waals surface area contributed by atoms with Crippen molar-refractivity contribution in [2.24, 2.45) is 5.73 Å². The van der Waals surface area contributed by atoms with E-state index >= 15 is 0 Å². The van der Waals surface area contributed by atoms with E-state index < -0.39 is 18.4 Å². The molecule has 1 amide bonds. The molecule has 0 bridgehead atoms. The lowest BCUT2D eigenvalue weighted by molar-refractivity contribution is -0.136. The monoisotopic (exact) mass is 238 g/mol. The second kappa shape index (κ2) is 5.86. The van der Waals surface area contributed by atoms with Crippen LogP contribution in [0.1, 0.15) is 0 Å². The molecular weight excluding hydrogens is 224 g/mol. The van der Waals surface area contributed by atoms with Gasteiger partial charge in [0.1, 0.15) is 12.3 Å². The lowest BCUT2D eigenvalue weighted by Gasteiger charge is -2.22. The molecular formula is C11H14N2O4. The Kier molecular flexibility index (Phi) is 4.47. The number of nitrogens with zero attached hydrogens (tertiary/aromatic N) is 1. The van der Waals surface area contributed by atoms with Gasteiger partial charge in [-0.3, -0.25) is 14.5 Å². The molecule has 0 spiro atoms. The molecule has 0 aromatic heterocycles. The zero-order valence-electron chi connectivity index (χ0n) is 9.42. The second-order valence-corrected chi connectivity index (χ2v) is 3.25. The van der Waals surface area contributed by atoms with E-state index in [0.717, 1.165) is 4.90 Å². The summed E-state index contributed by atoms with van der Waals surface area (Å²) in [5.74, 6) is -1.16. The number of hydrogen-bond acceptors (Lipinski definition) is 4. The molecule has 3 N–H and O–H groups in total. The SMILES string of the molecule is COc1ccccc1N(CC(=O)O)C(=O)CN. The average Bonchev–Trinajstić information content (AvgIpc) is 2.34. The first-order valence-electron chi connectivity index (χ1n) is 4.95. The van der Waals surface area contributed by atoms with Crippen molar-refractivity contribution < 1.29 is 19.4 Å². The fourth-order valence-corrected chi connectivity index (χ4v) is 1.41. The molecule has 0 atom stereocenters. The molecule has 0 fully saturated rings. The number of aliphatic carboxylic acids is 1. The van der Waals surface area contributed by atoms with Crippen molar-refractivity contribution in [3.8, 4) is 5.75 Å².